The molecule has 0 aromatic heterocycles. The number of halogens is 8. The molecule has 1 fully saturated rings. The third-order valence-electron chi connectivity index (χ3n) is 9.30. The maximum Gasteiger partial charge on any atom is 0.429 e. The quantitative estimate of drug-likeness (QED) is 0.0773. The van der Waals surface area contributed by atoms with Crippen molar-refractivity contribution < 1.29 is 39.9 Å². The molecule has 0 amide bonds. The Balaban J connectivity index is 1.18. The molecule has 0 atom stereocenters. The standard InChI is InChI=1S/C40H38F8O/c1-2-3-4-7-25-10-12-26(13-11-25)8-5-6-9-27-14-19-33(36(43)20-27)40(47,48)49-30-16-18-31(35(42)24-30)28-15-17-32(34(41)21-28)29-22-37(44)39(46)38(45)23-29/h6,9,14-26H,2-5,7-8,10-13H2,1H3. The lowest BCUT2D eigenvalue weighted by molar-refractivity contribution is -0.187. The highest BCUT2D eigenvalue weighted by atomic mass is 19.3. The van der Waals surface area contributed by atoms with Gasteiger partial charge in [0.25, 0.3) is 0 Å². The number of benzene rings is 4. The molecule has 1 aliphatic rings. The third kappa shape index (κ3) is 9.11. The maximum atomic E-state index is 15.0. The summed E-state index contributed by atoms with van der Waals surface area (Å²) in [6.07, 6.45) is 11.6. The van der Waals surface area contributed by atoms with E-state index in [1.807, 2.05) is 6.08 Å². The van der Waals surface area contributed by atoms with Gasteiger partial charge >= 0.3 is 6.11 Å². The molecule has 4 aromatic carbocycles. The number of ether oxygens (including phenoxy) is 1. The monoisotopic (exact) mass is 686 g/mol. The summed E-state index contributed by atoms with van der Waals surface area (Å²) in [7, 11) is 0. The summed E-state index contributed by atoms with van der Waals surface area (Å²) < 4.78 is 120. The van der Waals surface area contributed by atoms with Crippen LogP contribution in [-0.4, -0.2) is 0 Å². The van der Waals surface area contributed by atoms with Crippen LogP contribution in [0.1, 0.15) is 82.3 Å². The number of hydrogen-bond donors (Lipinski definition) is 0. The lowest BCUT2D eigenvalue weighted by atomic mass is 9.78. The van der Waals surface area contributed by atoms with E-state index in [0.29, 0.717) is 29.7 Å². The molecule has 0 unspecified atom stereocenters. The van der Waals surface area contributed by atoms with Gasteiger partial charge in [-0.25, -0.2) is 26.3 Å². The lowest BCUT2D eigenvalue weighted by Crippen LogP contribution is -2.23. The summed E-state index contributed by atoms with van der Waals surface area (Å²) in [4.78, 5) is 0. The van der Waals surface area contributed by atoms with Crippen molar-refractivity contribution >= 4 is 6.08 Å². The van der Waals surface area contributed by atoms with Gasteiger partial charge in [-0.15, -0.1) is 0 Å². The second kappa shape index (κ2) is 16.0. The second-order valence-corrected chi connectivity index (χ2v) is 12.8. The van der Waals surface area contributed by atoms with E-state index < -0.39 is 52.3 Å². The molecule has 0 heterocycles. The van der Waals surface area contributed by atoms with Gasteiger partial charge in [0, 0.05) is 17.2 Å². The van der Waals surface area contributed by atoms with Crippen LogP contribution in [0.3, 0.4) is 0 Å². The molecule has 260 valence electrons. The van der Waals surface area contributed by atoms with Crippen LogP contribution >= 0.6 is 0 Å². The number of unbranched alkanes of at least 4 members (excludes halogenated alkanes) is 2. The van der Waals surface area contributed by atoms with E-state index in [4.69, 9.17) is 4.74 Å². The summed E-state index contributed by atoms with van der Waals surface area (Å²) in [5, 5.41) is 0. The lowest BCUT2D eigenvalue weighted by Gasteiger charge is -2.28. The zero-order valence-corrected chi connectivity index (χ0v) is 27.2. The highest BCUT2D eigenvalue weighted by Gasteiger charge is 2.38. The van der Waals surface area contributed by atoms with Crippen LogP contribution < -0.4 is 4.74 Å². The SMILES string of the molecule is CCCCCC1CCC(CCC=Cc2ccc(C(F)(F)Oc3ccc(-c4ccc(-c5cc(F)c(F)c(F)c5)c(F)c4)c(F)c3)c(F)c2)CC1. The van der Waals surface area contributed by atoms with E-state index >= 15 is 13.2 Å². The minimum Gasteiger partial charge on any atom is -0.429 e. The average molecular weight is 687 g/mol. The molecule has 0 N–H and O–H groups in total. The first-order valence-electron chi connectivity index (χ1n) is 16.7. The topological polar surface area (TPSA) is 9.23 Å². The van der Waals surface area contributed by atoms with Crippen LogP contribution in [0.4, 0.5) is 35.1 Å². The molecule has 1 nitrogen and oxygen atoms in total. The maximum absolute atomic E-state index is 15.0. The predicted molar refractivity (Wildman–Crippen MR) is 176 cm³/mol. The normalized spacial score (nSPS) is 16.8. The van der Waals surface area contributed by atoms with E-state index in [0.717, 1.165) is 55.2 Å². The smallest absolute Gasteiger partial charge is 0.429 e. The van der Waals surface area contributed by atoms with E-state index in [1.54, 1.807) is 6.08 Å². The first kappa shape index (κ1) is 36.1. The fourth-order valence-corrected chi connectivity index (χ4v) is 6.54. The molecular formula is C40H38F8O. The molecule has 0 saturated heterocycles. The van der Waals surface area contributed by atoms with Crippen molar-refractivity contribution in [3.05, 3.63) is 119 Å². The molecule has 0 spiro atoms. The van der Waals surface area contributed by atoms with Gasteiger partial charge < -0.3 is 4.74 Å². The average Bonchev–Trinajstić information content (AvgIpc) is 3.06. The summed E-state index contributed by atoms with van der Waals surface area (Å²) in [6, 6.07) is 10.6. The largest absolute Gasteiger partial charge is 0.429 e. The first-order chi connectivity index (χ1) is 23.4. The fraction of sp³-hybridized carbons (Fsp3) is 0.350. The molecule has 5 rings (SSSR count). The van der Waals surface area contributed by atoms with Crippen LogP contribution in [-0.2, 0) is 6.11 Å². The van der Waals surface area contributed by atoms with Crippen LogP contribution in [0.5, 0.6) is 5.75 Å². The van der Waals surface area contributed by atoms with Crippen LogP contribution in [0.2, 0.25) is 0 Å². The first-order valence-corrected chi connectivity index (χ1v) is 16.7. The molecule has 4 aromatic rings. The zero-order valence-electron chi connectivity index (χ0n) is 27.2. The molecule has 49 heavy (non-hydrogen) atoms. The van der Waals surface area contributed by atoms with Crippen molar-refractivity contribution in [1.29, 1.82) is 0 Å². The van der Waals surface area contributed by atoms with E-state index in [-0.39, 0.29) is 22.3 Å². The summed E-state index contributed by atoms with van der Waals surface area (Å²) >= 11 is 0. The molecule has 1 saturated carbocycles. The van der Waals surface area contributed by atoms with Crippen molar-refractivity contribution in [2.75, 3.05) is 0 Å². The van der Waals surface area contributed by atoms with Crippen molar-refractivity contribution in [3.63, 3.8) is 0 Å². The Morgan fingerprint density at radius 2 is 1.27 bits per heavy atom. The number of allylic oxidation sites excluding steroid dienone is 1. The second-order valence-electron chi connectivity index (χ2n) is 12.8. The third-order valence-corrected chi connectivity index (χ3v) is 9.30. The minimum atomic E-state index is -4.14. The molecular weight excluding hydrogens is 648 g/mol. The van der Waals surface area contributed by atoms with E-state index in [1.165, 1.54) is 63.5 Å². The van der Waals surface area contributed by atoms with Crippen molar-refractivity contribution in [2.45, 2.75) is 77.2 Å². The number of hydrogen-bond acceptors (Lipinski definition) is 1. The van der Waals surface area contributed by atoms with Gasteiger partial charge in [-0.05, 0) is 83.8 Å². The molecule has 0 radical (unpaired) electrons. The zero-order chi connectivity index (χ0) is 35.1. The Morgan fingerprint density at radius 1 is 0.653 bits per heavy atom. The minimum absolute atomic E-state index is 0.0139. The summed E-state index contributed by atoms with van der Waals surface area (Å²) in [6.45, 7) is 2.22. The van der Waals surface area contributed by atoms with Crippen molar-refractivity contribution in [3.8, 4) is 28.0 Å². The Kier molecular flexibility index (Phi) is 11.8. The molecule has 1 aliphatic carbocycles. The Labute approximate surface area is 281 Å². The predicted octanol–water partition coefficient (Wildman–Crippen LogP) is 13.2. The van der Waals surface area contributed by atoms with Gasteiger partial charge in [-0.2, -0.15) is 8.78 Å². The van der Waals surface area contributed by atoms with Gasteiger partial charge in [-0.3, -0.25) is 0 Å². The van der Waals surface area contributed by atoms with Crippen molar-refractivity contribution in [2.24, 2.45) is 11.8 Å². The van der Waals surface area contributed by atoms with Gasteiger partial charge in [0.15, 0.2) is 17.5 Å². The van der Waals surface area contributed by atoms with Crippen LogP contribution in [0.25, 0.3) is 28.3 Å². The number of alkyl halides is 2. The molecule has 9 heteroatoms. The van der Waals surface area contributed by atoms with Gasteiger partial charge in [-0.1, -0.05) is 88.6 Å². The summed E-state index contributed by atoms with van der Waals surface area (Å²) in [5.41, 5.74) is -1.33. The highest BCUT2D eigenvalue weighted by Crippen LogP contribution is 2.37. The van der Waals surface area contributed by atoms with E-state index in [9.17, 15) is 22.0 Å². The van der Waals surface area contributed by atoms with Crippen molar-refractivity contribution in [1.82, 2.24) is 0 Å². The van der Waals surface area contributed by atoms with E-state index in [2.05, 4.69) is 6.92 Å². The Morgan fingerprint density at radius 3 is 1.90 bits per heavy atom. The van der Waals surface area contributed by atoms with Crippen LogP contribution in [0, 0.1) is 46.7 Å². The van der Waals surface area contributed by atoms with Gasteiger partial charge in [0.1, 0.15) is 23.2 Å². The molecule has 0 bridgehead atoms. The highest BCUT2D eigenvalue weighted by molar-refractivity contribution is 5.72. The summed E-state index contributed by atoms with van der Waals surface area (Å²) in [5.74, 6) is -7.00. The fourth-order valence-electron chi connectivity index (χ4n) is 6.54. The van der Waals surface area contributed by atoms with Crippen LogP contribution in [0.15, 0.2) is 72.8 Å². The Bertz CT molecular complexity index is 1750. The molecule has 0 aliphatic heterocycles. The van der Waals surface area contributed by atoms with Gasteiger partial charge in [0.2, 0.25) is 0 Å². The Hall–Kier alpha value is -4.14. The van der Waals surface area contributed by atoms with Gasteiger partial charge in [0.05, 0.1) is 5.56 Å². The number of rotatable bonds is 13.